The number of para-hydroxylation sites is 2. The summed E-state index contributed by atoms with van der Waals surface area (Å²) in [6, 6.07) is 22.0. The molecule has 1 N–H and O–H groups in total. The molecule has 1 aliphatic rings. The fourth-order valence-electron chi connectivity index (χ4n) is 3.85. The largest absolute Gasteiger partial charge is 0.494 e. The molecule has 0 spiro atoms. The van der Waals surface area contributed by atoms with Crippen molar-refractivity contribution < 1.29 is 9.53 Å². The van der Waals surface area contributed by atoms with Gasteiger partial charge in [-0.05, 0) is 59.8 Å². The normalized spacial score (nSPS) is 12.1. The number of tetrazole rings is 1. The first-order chi connectivity index (χ1) is 16.1. The highest BCUT2D eigenvalue weighted by molar-refractivity contribution is 7.99. The van der Waals surface area contributed by atoms with E-state index in [0.717, 1.165) is 11.4 Å². The van der Waals surface area contributed by atoms with Gasteiger partial charge in [-0.3, -0.25) is 4.79 Å². The number of carbonyl (C=O) groups excluding carboxylic acids is 1. The van der Waals surface area contributed by atoms with Gasteiger partial charge in [0, 0.05) is 28.4 Å². The number of ether oxygens (including phenoxy) is 1. The zero-order chi connectivity index (χ0) is 22.8. The molecular formula is C24H22N6O2S. The lowest BCUT2D eigenvalue weighted by Gasteiger charge is -2.32. The fourth-order valence-corrected chi connectivity index (χ4v) is 4.94. The van der Waals surface area contributed by atoms with Crippen LogP contribution in [-0.2, 0) is 4.79 Å². The lowest BCUT2D eigenvalue weighted by molar-refractivity contribution is -0.116. The molecule has 1 aliphatic heterocycles. The Hall–Kier alpha value is -3.85. The van der Waals surface area contributed by atoms with Crippen LogP contribution >= 0.6 is 11.8 Å². The number of hydrogen-bond donors (Lipinski definition) is 1. The molecule has 3 aromatic carbocycles. The molecule has 0 saturated carbocycles. The lowest BCUT2D eigenvalue weighted by Crippen LogP contribution is -2.26. The third-order valence-corrected chi connectivity index (χ3v) is 6.54. The average Bonchev–Trinajstić information content (AvgIpc) is 3.27. The Balaban J connectivity index is 1.34. The predicted octanol–water partition coefficient (Wildman–Crippen LogP) is 4.61. The first kappa shape index (κ1) is 21.0. The van der Waals surface area contributed by atoms with E-state index in [4.69, 9.17) is 4.74 Å². The summed E-state index contributed by atoms with van der Waals surface area (Å²) in [7, 11) is 1.59. The summed E-state index contributed by atoms with van der Waals surface area (Å²) in [5.74, 6) is 1.16. The van der Waals surface area contributed by atoms with Crippen LogP contribution in [0.1, 0.15) is 12.2 Å². The van der Waals surface area contributed by atoms with E-state index in [1.807, 2.05) is 36.4 Å². The fraction of sp³-hybridized carbons (Fsp3) is 0.167. The second kappa shape index (κ2) is 8.95. The molecule has 166 valence electrons. The molecule has 0 aliphatic carbocycles. The smallest absolute Gasteiger partial charge is 0.226 e. The number of fused-ring (bicyclic) bond motifs is 2. The van der Waals surface area contributed by atoms with Gasteiger partial charge in [-0.2, -0.15) is 4.68 Å². The Kier molecular flexibility index (Phi) is 5.70. The third kappa shape index (κ3) is 4.14. The number of rotatable bonds is 6. The SMILES string of the molecule is COc1ccc(NC(=O)CCN2c3ccccc3Sc3ccccc32)cc1-n1nnnc1C. The molecule has 4 aromatic rings. The van der Waals surface area contributed by atoms with Crippen molar-refractivity contribution in [2.75, 3.05) is 23.9 Å². The lowest BCUT2D eigenvalue weighted by atomic mass is 10.2. The number of amides is 1. The molecule has 0 fully saturated rings. The Bertz CT molecular complexity index is 1280. The predicted molar refractivity (Wildman–Crippen MR) is 128 cm³/mol. The van der Waals surface area contributed by atoms with Gasteiger partial charge < -0.3 is 15.0 Å². The van der Waals surface area contributed by atoms with E-state index in [2.05, 4.69) is 50.0 Å². The van der Waals surface area contributed by atoms with E-state index in [9.17, 15) is 4.79 Å². The van der Waals surface area contributed by atoms with Crippen molar-refractivity contribution in [3.8, 4) is 11.4 Å². The first-order valence-electron chi connectivity index (χ1n) is 10.5. The summed E-state index contributed by atoms with van der Waals surface area (Å²) in [4.78, 5) is 17.5. The van der Waals surface area contributed by atoms with Gasteiger partial charge in [-0.15, -0.1) is 5.10 Å². The van der Waals surface area contributed by atoms with Crippen LogP contribution in [-0.4, -0.2) is 39.8 Å². The summed E-state index contributed by atoms with van der Waals surface area (Å²) in [6.07, 6.45) is 0.332. The zero-order valence-electron chi connectivity index (χ0n) is 18.2. The van der Waals surface area contributed by atoms with Crippen LogP contribution in [0.25, 0.3) is 5.69 Å². The Morgan fingerprint density at radius 1 is 1.00 bits per heavy atom. The highest BCUT2D eigenvalue weighted by Crippen LogP contribution is 2.47. The number of hydrogen-bond acceptors (Lipinski definition) is 7. The van der Waals surface area contributed by atoms with E-state index in [1.165, 1.54) is 9.79 Å². The van der Waals surface area contributed by atoms with Crippen molar-refractivity contribution in [2.45, 2.75) is 23.1 Å². The standard InChI is InChI=1S/C24H22N6O2S/c1-16-26-27-28-30(16)20-15-17(11-12-21(20)32-2)25-24(31)13-14-29-18-7-3-5-9-22(18)33-23-10-6-4-8-19(23)29/h3-12,15H,13-14H2,1-2H3,(H,25,31). The molecule has 0 radical (unpaired) electrons. The molecule has 33 heavy (non-hydrogen) atoms. The topological polar surface area (TPSA) is 85.2 Å². The van der Waals surface area contributed by atoms with Crippen LogP contribution in [0, 0.1) is 6.92 Å². The van der Waals surface area contributed by atoms with Crippen LogP contribution in [0.4, 0.5) is 17.1 Å². The Morgan fingerprint density at radius 3 is 2.33 bits per heavy atom. The molecular weight excluding hydrogens is 436 g/mol. The number of nitrogens with one attached hydrogen (secondary N) is 1. The van der Waals surface area contributed by atoms with Crippen LogP contribution in [0.2, 0.25) is 0 Å². The molecule has 8 nitrogen and oxygen atoms in total. The minimum atomic E-state index is -0.0762. The summed E-state index contributed by atoms with van der Waals surface area (Å²) >= 11 is 1.76. The number of benzene rings is 3. The van der Waals surface area contributed by atoms with Crippen molar-refractivity contribution in [1.82, 2.24) is 20.2 Å². The average molecular weight is 459 g/mol. The number of aromatic nitrogens is 4. The molecule has 0 atom stereocenters. The van der Waals surface area contributed by atoms with Gasteiger partial charge in [0.05, 0.1) is 18.5 Å². The number of nitrogens with zero attached hydrogens (tertiary/aromatic N) is 5. The highest BCUT2D eigenvalue weighted by Gasteiger charge is 2.23. The monoisotopic (exact) mass is 458 g/mol. The maximum absolute atomic E-state index is 12.9. The van der Waals surface area contributed by atoms with E-state index >= 15 is 0 Å². The number of anilines is 3. The molecule has 9 heteroatoms. The maximum Gasteiger partial charge on any atom is 0.226 e. The van der Waals surface area contributed by atoms with Crippen LogP contribution < -0.4 is 15.0 Å². The molecule has 1 amide bonds. The summed E-state index contributed by atoms with van der Waals surface area (Å²) in [5.41, 5.74) is 3.55. The third-order valence-electron chi connectivity index (χ3n) is 5.41. The van der Waals surface area contributed by atoms with Crippen molar-refractivity contribution in [1.29, 1.82) is 0 Å². The van der Waals surface area contributed by atoms with E-state index < -0.39 is 0 Å². The first-order valence-corrected chi connectivity index (χ1v) is 11.3. The second-order valence-corrected chi connectivity index (χ2v) is 8.60. The number of aryl methyl sites for hydroxylation is 1. The zero-order valence-corrected chi connectivity index (χ0v) is 19.0. The summed E-state index contributed by atoms with van der Waals surface area (Å²) in [6.45, 7) is 2.37. The van der Waals surface area contributed by atoms with Crippen molar-refractivity contribution in [2.24, 2.45) is 0 Å². The second-order valence-electron chi connectivity index (χ2n) is 7.51. The number of methoxy groups -OCH3 is 1. The molecule has 0 saturated heterocycles. The van der Waals surface area contributed by atoms with Gasteiger partial charge in [0.15, 0.2) is 5.82 Å². The molecule has 5 rings (SSSR count). The van der Waals surface area contributed by atoms with E-state index in [-0.39, 0.29) is 5.91 Å². The maximum atomic E-state index is 12.9. The van der Waals surface area contributed by atoms with Gasteiger partial charge in [0.25, 0.3) is 0 Å². The quantitative estimate of drug-likeness (QED) is 0.452. The molecule has 1 aromatic heterocycles. The van der Waals surface area contributed by atoms with Crippen molar-refractivity contribution in [3.05, 3.63) is 72.6 Å². The van der Waals surface area contributed by atoms with Gasteiger partial charge in [-0.25, -0.2) is 0 Å². The van der Waals surface area contributed by atoms with Crippen LogP contribution in [0.15, 0.2) is 76.5 Å². The van der Waals surface area contributed by atoms with Gasteiger partial charge in [0.2, 0.25) is 5.91 Å². The van der Waals surface area contributed by atoms with Crippen LogP contribution in [0.5, 0.6) is 5.75 Å². The van der Waals surface area contributed by atoms with Crippen LogP contribution in [0.3, 0.4) is 0 Å². The summed E-state index contributed by atoms with van der Waals surface area (Å²) < 4.78 is 7.02. The van der Waals surface area contributed by atoms with Crippen molar-refractivity contribution >= 4 is 34.7 Å². The minimum absolute atomic E-state index is 0.0762. The Morgan fingerprint density at radius 2 is 1.70 bits per heavy atom. The van der Waals surface area contributed by atoms with E-state index in [0.29, 0.717) is 35.9 Å². The van der Waals surface area contributed by atoms with Crippen molar-refractivity contribution in [3.63, 3.8) is 0 Å². The van der Waals surface area contributed by atoms with E-state index in [1.54, 1.807) is 36.5 Å². The minimum Gasteiger partial charge on any atom is -0.494 e. The number of carbonyl (C=O) groups is 1. The van der Waals surface area contributed by atoms with Gasteiger partial charge >= 0.3 is 0 Å². The molecule has 2 heterocycles. The molecule has 0 unspecified atom stereocenters. The summed E-state index contributed by atoms with van der Waals surface area (Å²) in [5, 5.41) is 14.6. The molecule has 0 bridgehead atoms. The van der Waals surface area contributed by atoms with Gasteiger partial charge in [0.1, 0.15) is 11.4 Å². The highest BCUT2D eigenvalue weighted by atomic mass is 32.2. The Labute approximate surface area is 195 Å². The van der Waals surface area contributed by atoms with Gasteiger partial charge in [-0.1, -0.05) is 36.0 Å².